The minimum atomic E-state index is -0.280. The summed E-state index contributed by atoms with van der Waals surface area (Å²) in [7, 11) is 0. The Hall–Kier alpha value is -2.24. The molecule has 2 saturated carbocycles. The van der Waals surface area contributed by atoms with Crippen LogP contribution in [0.5, 0.6) is 0 Å². The number of amides is 1. The zero-order valence-corrected chi connectivity index (χ0v) is 16.1. The molecule has 2 heterocycles. The summed E-state index contributed by atoms with van der Waals surface area (Å²) in [6.07, 6.45) is 8.69. The van der Waals surface area contributed by atoms with Gasteiger partial charge in [-0.1, -0.05) is 24.4 Å². The van der Waals surface area contributed by atoms with Gasteiger partial charge in [0.25, 0.3) is 5.89 Å². The quantitative estimate of drug-likeness (QED) is 0.771. The molecule has 5 nitrogen and oxygen atoms in total. The number of carbonyl (C=O) groups excluding carboxylic acids is 1. The molecule has 1 aromatic heterocycles. The molecule has 2 aliphatic carbocycles. The summed E-state index contributed by atoms with van der Waals surface area (Å²) in [6.45, 7) is 1.56. The number of benzene rings is 1. The number of rotatable bonds is 5. The van der Waals surface area contributed by atoms with Crippen molar-refractivity contribution in [2.24, 2.45) is 11.8 Å². The van der Waals surface area contributed by atoms with Crippen LogP contribution in [0, 0.1) is 17.7 Å². The van der Waals surface area contributed by atoms with E-state index >= 15 is 0 Å². The first-order chi connectivity index (χ1) is 13.6. The molecule has 1 aliphatic heterocycles. The highest BCUT2D eigenvalue weighted by Gasteiger charge is 2.45. The highest BCUT2D eigenvalue weighted by Crippen LogP contribution is 2.47. The molecule has 0 spiro atoms. The third-order valence-corrected chi connectivity index (χ3v) is 6.85. The second-order valence-electron chi connectivity index (χ2n) is 8.81. The van der Waals surface area contributed by atoms with Crippen LogP contribution in [-0.4, -0.2) is 34.0 Å². The van der Waals surface area contributed by atoms with Gasteiger partial charge in [0, 0.05) is 30.0 Å². The highest BCUT2D eigenvalue weighted by atomic mass is 19.1. The Morgan fingerprint density at radius 2 is 1.86 bits per heavy atom. The van der Waals surface area contributed by atoms with Crippen LogP contribution in [0.4, 0.5) is 4.39 Å². The first kappa shape index (κ1) is 17.8. The van der Waals surface area contributed by atoms with Crippen LogP contribution in [0.3, 0.4) is 0 Å². The lowest BCUT2D eigenvalue weighted by molar-refractivity contribution is -0.140. The van der Waals surface area contributed by atoms with Gasteiger partial charge in [-0.25, -0.2) is 4.39 Å². The highest BCUT2D eigenvalue weighted by molar-refractivity contribution is 5.79. The van der Waals surface area contributed by atoms with Crippen LogP contribution in [0.2, 0.25) is 0 Å². The topological polar surface area (TPSA) is 59.2 Å². The van der Waals surface area contributed by atoms with Gasteiger partial charge in [0.05, 0.1) is 0 Å². The molecule has 0 N–H and O–H groups in total. The zero-order valence-electron chi connectivity index (χ0n) is 16.1. The molecule has 148 valence electrons. The van der Waals surface area contributed by atoms with Gasteiger partial charge < -0.3 is 9.42 Å². The van der Waals surface area contributed by atoms with Crippen LogP contribution in [0.15, 0.2) is 28.8 Å². The summed E-state index contributed by atoms with van der Waals surface area (Å²) in [4.78, 5) is 19.4. The maximum Gasteiger partial charge on any atom is 0.257 e. The number of likely N-dealkylation sites (tertiary alicyclic amines) is 1. The fraction of sp³-hybridized carbons (Fsp3) is 0.591. The van der Waals surface area contributed by atoms with E-state index in [4.69, 9.17) is 9.51 Å². The predicted molar refractivity (Wildman–Crippen MR) is 102 cm³/mol. The average molecular weight is 383 g/mol. The van der Waals surface area contributed by atoms with Crippen molar-refractivity contribution >= 4 is 5.91 Å². The molecule has 1 amide bonds. The third kappa shape index (κ3) is 3.33. The molecule has 3 fully saturated rings. The van der Waals surface area contributed by atoms with E-state index in [1.54, 1.807) is 12.1 Å². The molecule has 5 rings (SSSR count). The predicted octanol–water partition coefficient (Wildman–Crippen LogP) is 4.34. The molecule has 28 heavy (non-hydrogen) atoms. The Balaban J connectivity index is 1.35. The van der Waals surface area contributed by atoms with E-state index in [1.165, 1.54) is 31.4 Å². The SMILES string of the molecule is O=C(C1CCC1)N1CCC(CC2CC2)(c2noc(-c3ccc(F)cc3)n2)CC1. The van der Waals surface area contributed by atoms with Crippen molar-refractivity contribution in [1.82, 2.24) is 15.0 Å². The summed E-state index contributed by atoms with van der Waals surface area (Å²) in [6, 6.07) is 6.15. The van der Waals surface area contributed by atoms with E-state index in [1.807, 2.05) is 0 Å². The van der Waals surface area contributed by atoms with E-state index in [2.05, 4.69) is 10.1 Å². The van der Waals surface area contributed by atoms with Gasteiger partial charge in [0.2, 0.25) is 5.91 Å². The number of hydrogen-bond acceptors (Lipinski definition) is 4. The van der Waals surface area contributed by atoms with Crippen molar-refractivity contribution in [3.8, 4) is 11.5 Å². The molecule has 0 bridgehead atoms. The van der Waals surface area contributed by atoms with Crippen molar-refractivity contribution < 1.29 is 13.7 Å². The maximum atomic E-state index is 13.2. The van der Waals surface area contributed by atoms with Crippen LogP contribution in [0.25, 0.3) is 11.5 Å². The number of piperidine rings is 1. The summed E-state index contributed by atoms with van der Waals surface area (Å²) in [5.74, 6) is 2.25. The van der Waals surface area contributed by atoms with Crippen molar-refractivity contribution in [2.45, 2.75) is 56.8 Å². The largest absolute Gasteiger partial charge is 0.342 e. The monoisotopic (exact) mass is 383 g/mol. The lowest BCUT2D eigenvalue weighted by atomic mass is 9.73. The number of nitrogens with zero attached hydrogens (tertiary/aromatic N) is 3. The van der Waals surface area contributed by atoms with Crippen molar-refractivity contribution in [2.75, 3.05) is 13.1 Å². The van der Waals surface area contributed by atoms with E-state index in [-0.39, 0.29) is 17.2 Å². The molecular weight excluding hydrogens is 357 g/mol. The molecule has 1 aromatic carbocycles. The Morgan fingerprint density at radius 1 is 1.14 bits per heavy atom. The van der Waals surface area contributed by atoms with Crippen molar-refractivity contribution in [3.63, 3.8) is 0 Å². The zero-order chi connectivity index (χ0) is 19.1. The van der Waals surface area contributed by atoms with Crippen LogP contribution >= 0.6 is 0 Å². The van der Waals surface area contributed by atoms with Gasteiger partial charge in [-0.05, 0) is 62.3 Å². The lowest BCUT2D eigenvalue weighted by Gasteiger charge is -2.42. The smallest absolute Gasteiger partial charge is 0.257 e. The third-order valence-electron chi connectivity index (χ3n) is 6.85. The van der Waals surface area contributed by atoms with E-state index in [0.717, 1.165) is 62.5 Å². The first-order valence-electron chi connectivity index (χ1n) is 10.5. The summed E-state index contributed by atoms with van der Waals surface area (Å²) >= 11 is 0. The van der Waals surface area contributed by atoms with Crippen LogP contribution < -0.4 is 0 Å². The minimum absolute atomic E-state index is 0.112. The van der Waals surface area contributed by atoms with E-state index in [0.29, 0.717) is 11.8 Å². The van der Waals surface area contributed by atoms with Gasteiger partial charge in [-0.2, -0.15) is 4.98 Å². The average Bonchev–Trinajstić information content (AvgIpc) is 3.32. The van der Waals surface area contributed by atoms with Crippen LogP contribution in [0.1, 0.15) is 57.2 Å². The molecule has 1 saturated heterocycles. The number of aromatic nitrogens is 2. The number of hydrogen-bond donors (Lipinski definition) is 0. The molecule has 3 aliphatic rings. The Morgan fingerprint density at radius 3 is 2.46 bits per heavy atom. The van der Waals surface area contributed by atoms with Gasteiger partial charge in [-0.15, -0.1) is 0 Å². The summed E-state index contributed by atoms with van der Waals surface area (Å²) in [5.41, 5.74) is 0.624. The standard InChI is InChI=1S/C22H26FN3O2/c23-18-8-6-16(7-9-18)19-24-21(25-28-19)22(14-15-4-5-15)10-12-26(13-11-22)20(27)17-2-1-3-17/h6-9,15,17H,1-5,10-14H2. The molecule has 0 atom stereocenters. The van der Waals surface area contributed by atoms with Crippen LogP contribution in [-0.2, 0) is 10.2 Å². The van der Waals surface area contributed by atoms with Crippen molar-refractivity contribution in [1.29, 1.82) is 0 Å². The fourth-order valence-electron chi connectivity index (χ4n) is 4.61. The number of carbonyl (C=O) groups is 1. The number of halogens is 1. The van der Waals surface area contributed by atoms with Gasteiger partial charge in [-0.3, -0.25) is 4.79 Å². The second kappa shape index (κ2) is 6.98. The summed E-state index contributed by atoms with van der Waals surface area (Å²) in [5, 5.41) is 4.34. The lowest BCUT2D eigenvalue weighted by Crippen LogP contribution is -2.48. The maximum absolute atomic E-state index is 13.2. The van der Waals surface area contributed by atoms with Gasteiger partial charge in [0.15, 0.2) is 5.82 Å². The minimum Gasteiger partial charge on any atom is -0.342 e. The molecular formula is C22H26FN3O2. The second-order valence-corrected chi connectivity index (χ2v) is 8.81. The Labute approximate surface area is 164 Å². The van der Waals surface area contributed by atoms with E-state index in [9.17, 15) is 9.18 Å². The molecule has 2 aromatic rings. The Kier molecular flexibility index (Phi) is 4.44. The molecule has 0 radical (unpaired) electrons. The molecule has 0 unspecified atom stereocenters. The fourth-order valence-corrected chi connectivity index (χ4v) is 4.61. The summed E-state index contributed by atoms with van der Waals surface area (Å²) < 4.78 is 18.7. The molecule has 6 heteroatoms. The van der Waals surface area contributed by atoms with E-state index < -0.39 is 0 Å². The first-order valence-corrected chi connectivity index (χ1v) is 10.5. The Bertz CT molecular complexity index is 847. The van der Waals surface area contributed by atoms with Gasteiger partial charge >= 0.3 is 0 Å². The van der Waals surface area contributed by atoms with Gasteiger partial charge in [0.1, 0.15) is 5.82 Å². The van der Waals surface area contributed by atoms with Crippen molar-refractivity contribution in [3.05, 3.63) is 35.9 Å². The normalized spacial score (nSPS) is 22.1.